The molecule has 0 spiro atoms. The summed E-state index contributed by atoms with van der Waals surface area (Å²) in [5, 5.41) is 3.01. The van der Waals surface area contributed by atoms with Gasteiger partial charge in [-0.15, -0.1) is 0 Å². The van der Waals surface area contributed by atoms with Crippen molar-refractivity contribution in [2.45, 2.75) is 39.2 Å². The van der Waals surface area contributed by atoms with Gasteiger partial charge in [0.15, 0.2) is 0 Å². The number of hydrogen-bond donors (Lipinski definition) is 1. The second-order valence-electron chi connectivity index (χ2n) is 7.55. The molecule has 142 valence electrons. The van der Waals surface area contributed by atoms with Crippen LogP contribution < -0.4 is 5.32 Å². The second kappa shape index (κ2) is 7.89. The van der Waals surface area contributed by atoms with Crippen LogP contribution in [0.4, 0.5) is 0 Å². The fourth-order valence-corrected chi connectivity index (χ4v) is 3.06. The van der Waals surface area contributed by atoms with Crippen molar-refractivity contribution in [3.05, 3.63) is 66.2 Å². The summed E-state index contributed by atoms with van der Waals surface area (Å²) in [7, 11) is 0. The predicted octanol–water partition coefficient (Wildman–Crippen LogP) is 4.36. The molecule has 2 heterocycles. The van der Waals surface area contributed by atoms with Gasteiger partial charge in [-0.3, -0.25) is 9.78 Å². The molecule has 1 aromatic carbocycles. The third-order valence-corrected chi connectivity index (χ3v) is 4.91. The molecular formula is C23H24N4O. The van der Waals surface area contributed by atoms with Gasteiger partial charge in [0.05, 0.1) is 11.4 Å². The standard InChI is InChI=1S/C23H24N4O/c1-15(2)22-25-14-19(20-5-3-4-12-24-20)21(27-22)17-8-6-16(7-9-17)13-26-23(28)18-10-11-18/h3-9,12,14-15,18H,10-11,13H2,1-2H3,(H,26,28). The first-order chi connectivity index (χ1) is 13.6. The van der Waals surface area contributed by atoms with Gasteiger partial charge in [-0.25, -0.2) is 9.97 Å². The molecule has 0 saturated heterocycles. The number of nitrogens with zero attached hydrogens (tertiary/aromatic N) is 3. The van der Waals surface area contributed by atoms with Crippen LogP contribution in [-0.4, -0.2) is 20.9 Å². The number of amides is 1. The van der Waals surface area contributed by atoms with Crippen molar-refractivity contribution in [1.82, 2.24) is 20.3 Å². The molecule has 2 aromatic heterocycles. The average Bonchev–Trinajstić information content (AvgIpc) is 3.58. The number of carbonyl (C=O) groups is 1. The number of nitrogens with one attached hydrogen (secondary N) is 1. The maximum Gasteiger partial charge on any atom is 0.223 e. The Balaban J connectivity index is 1.63. The van der Waals surface area contributed by atoms with Crippen molar-refractivity contribution < 1.29 is 4.79 Å². The molecule has 28 heavy (non-hydrogen) atoms. The molecule has 5 nitrogen and oxygen atoms in total. The van der Waals surface area contributed by atoms with Crippen LogP contribution in [0.5, 0.6) is 0 Å². The Kier molecular flexibility index (Phi) is 5.15. The van der Waals surface area contributed by atoms with E-state index in [1.165, 1.54) is 0 Å². The largest absolute Gasteiger partial charge is 0.352 e. The van der Waals surface area contributed by atoms with Crippen molar-refractivity contribution >= 4 is 5.91 Å². The maximum atomic E-state index is 11.8. The Bertz CT molecular complexity index is 964. The van der Waals surface area contributed by atoms with Gasteiger partial charge in [0.1, 0.15) is 5.82 Å². The quantitative estimate of drug-likeness (QED) is 0.698. The fourth-order valence-electron chi connectivity index (χ4n) is 3.06. The zero-order valence-corrected chi connectivity index (χ0v) is 16.2. The molecule has 0 atom stereocenters. The summed E-state index contributed by atoms with van der Waals surface area (Å²) in [6.07, 6.45) is 5.69. The van der Waals surface area contributed by atoms with Crippen LogP contribution >= 0.6 is 0 Å². The van der Waals surface area contributed by atoms with Crippen LogP contribution in [0.2, 0.25) is 0 Å². The van der Waals surface area contributed by atoms with E-state index in [2.05, 4.69) is 41.3 Å². The van der Waals surface area contributed by atoms with Crippen molar-refractivity contribution in [2.24, 2.45) is 5.92 Å². The van der Waals surface area contributed by atoms with Crippen LogP contribution in [0.25, 0.3) is 22.5 Å². The summed E-state index contributed by atoms with van der Waals surface area (Å²) in [6, 6.07) is 14.0. The Morgan fingerprint density at radius 1 is 1.11 bits per heavy atom. The van der Waals surface area contributed by atoms with E-state index >= 15 is 0 Å². The minimum atomic E-state index is 0.166. The highest BCUT2D eigenvalue weighted by Crippen LogP contribution is 2.31. The number of rotatable bonds is 6. The number of benzene rings is 1. The smallest absolute Gasteiger partial charge is 0.223 e. The lowest BCUT2D eigenvalue weighted by atomic mass is 10.0. The molecule has 4 rings (SSSR count). The predicted molar refractivity (Wildman–Crippen MR) is 109 cm³/mol. The van der Waals surface area contributed by atoms with Gasteiger partial charge in [0, 0.05) is 41.9 Å². The Labute approximate surface area is 165 Å². The van der Waals surface area contributed by atoms with E-state index in [0.29, 0.717) is 6.54 Å². The second-order valence-corrected chi connectivity index (χ2v) is 7.55. The van der Waals surface area contributed by atoms with Crippen LogP contribution in [0, 0.1) is 5.92 Å². The van der Waals surface area contributed by atoms with Crippen molar-refractivity contribution in [3.63, 3.8) is 0 Å². The molecule has 0 aliphatic heterocycles. The van der Waals surface area contributed by atoms with E-state index in [-0.39, 0.29) is 17.7 Å². The SMILES string of the molecule is CC(C)c1ncc(-c2ccccn2)c(-c2ccc(CNC(=O)C3CC3)cc2)n1. The Hall–Kier alpha value is -3.08. The van der Waals surface area contributed by atoms with Crippen molar-refractivity contribution in [1.29, 1.82) is 0 Å². The molecular weight excluding hydrogens is 348 g/mol. The zero-order chi connectivity index (χ0) is 19.5. The minimum Gasteiger partial charge on any atom is -0.352 e. The van der Waals surface area contributed by atoms with Gasteiger partial charge < -0.3 is 5.32 Å². The van der Waals surface area contributed by atoms with Gasteiger partial charge >= 0.3 is 0 Å². The zero-order valence-electron chi connectivity index (χ0n) is 16.2. The lowest BCUT2D eigenvalue weighted by Crippen LogP contribution is -2.24. The number of aromatic nitrogens is 3. The summed E-state index contributed by atoms with van der Waals surface area (Å²) < 4.78 is 0. The first kappa shape index (κ1) is 18.3. The van der Waals surface area contributed by atoms with E-state index in [1.807, 2.05) is 36.5 Å². The van der Waals surface area contributed by atoms with Crippen LogP contribution in [0.3, 0.4) is 0 Å². The summed E-state index contributed by atoms with van der Waals surface area (Å²) in [6.45, 7) is 4.74. The topological polar surface area (TPSA) is 67.8 Å². The number of pyridine rings is 1. The Morgan fingerprint density at radius 2 is 1.89 bits per heavy atom. The molecule has 1 saturated carbocycles. The molecule has 3 aromatic rings. The minimum absolute atomic E-state index is 0.166. The van der Waals surface area contributed by atoms with Gasteiger partial charge in [-0.05, 0) is 30.5 Å². The van der Waals surface area contributed by atoms with Crippen molar-refractivity contribution in [3.8, 4) is 22.5 Å². The molecule has 1 fully saturated rings. The number of hydrogen-bond acceptors (Lipinski definition) is 4. The van der Waals surface area contributed by atoms with Gasteiger partial charge in [0.2, 0.25) is 5.91 Å². The highest BCUT2D eigenvalue weighted by Gasteiger charge is 2.29. The molecule has 0 unspecified atom stereocenters. The molecule has 0 radical (unpaired) electrons. The maximum absolute atomic E-state index is 11.8. The highest BCUT2D eigenvalue weighted by atomic mass is 16.2. The van der Waals surface area contributed by atoms with E-state index in [4.69, 9.17) is 4.98 Å². The van der Waals surface area contributed by atoms with E-state index in [0.717, 1.165) is 46.7 Å². The van der Waals surface area contributed by atoms with Crippen LogP contribution in [0.1, 0.15) is 44.0 Å². The average molecular weight is 372 g/mol. The summed E-state index contributed by atoms with van der Waals surface area (Å²) in [4.78, 5) is 25.7. The first-order valence-electron chi connectivity index (χ1n) is 9.77. The molecule has 1 aliphatic rings. The van der Waals surface area contributed by atoms with Gasteiger partial charge in [-0.2, -0.15) is 0 Å². The van der Waals surface area contributed by atoms with E-state index in [1.54, 1.807) is 6.20 Å². The van der Waals surface area contributed by atoms with Crippen LogP contribution in [0.15, 0.2) is 54.9 Å². The van der Waals surface area contributed by atoms with E-state index in [9.17, 15) is 4.79 Å². The highest BCUT2D eigenvalue weighted by molar-refractivity contribution is 5.81. The third-order valence-electron chi connectivity index (χ3n) is 4.91. The molecule has 1 amide bonds. The molecule has 1 aliphatic carbocycles. The fraction of sp³-hybridized carbons (Fsp3) is 0.304. The van der Waals surface area contributed by atoms with Gasteiger partial charge in [-0.1, -0.05) is 44.2 Å². The normalized spacial score (nSPS) is 13.5. The van der Waals surface area contributed by atoms with Crippen LogP contribution in [-0.2, 0) is 11.3 Å². The Morgan fingerprint density at radius 3 is 2.54 bits per heavy atom. The summed E-state index contributed by atoms with van der Waals surface area (Å²) in [5.74, 6) is 1.46. The van der Waals surface area contributed by atoms with E-state index < -0.39 is 0 Å². The monoisotopic (exact) mass is 372 g/mol. The van der Waals surface area contributed by atoms with Gasteiger partial charge in [0.25, 0.3) is 0 Å². The summed E-state index contributed by atoms with van der Waals surface area (Å²) in [5.41, 5.74) is 4.75. The summed E-state index contributed by atoms with van der Waals surface area (Å²) >= 11 is 0. The first-order valence-corrected chi connectivity index (χ1v) is 9.77. The number of carbonyl (C=O) groups excluding carboxylic acids is 1. The van der Waals surface area contributed by atoms with Crippen molar-refractivity contribution in [2.75, 3.05) is 0 Å². The lowest BCUT2D eigenvalue weighted by Gasteiger charge is -2.12. The molecule has 1 N–H and O–H groups in total. The molecule has 0 bridgehead atoms. The molecule has 5 heteroatoms. The third kappa shape index (κ3) is 4.09. The lowest BCUT2D eigenvalue weighted by molar-refractivity contribution is -0.122.